The summed E-state index contributed by atoms with van der Waals surface area (Å²) in [6.45, 7) is 2.90. The van der Waals surface area contributed by atoms with Crippen molar-refractivity contribution in [3.05, 3.63) is 65.2 Å². The topological polar surface area (TPSA) is 84.0 Å². The molecule has 142 valence electrons. The van der Waals surface area contributed by atoms with Crippen molar-refractivity contribution in [2.45, 2.75) is 38.5 Å². The fraction of sp³-hybridized carbons (Fsp3) is 0.333. The average Bonchev–Trinajstić information content (AvgIpc) is 2.71. The molecule has 2 aromatic carbocycles. The molecule has 1 aliphatic rings. The van der Waals surface area contributed by atoms with Crippen LogP contribution in [-0.2, 0) is 29.1 Å². The zero-order chi connectivity index (χ0) is 19.2. The number of hydrogen-bond acceptors (Lipinski definition) is 3. The summed E-state index contributed by atoms with van der Waals surface area (Å²) in [5.41, 5.74) is 3.45. The molecular weight excluding hydrogens is 342 g/mol. The van der Waals surface area contributed by atoms with E-state index in [9.17, 15) is 9.59 Å². The van der Waals surface area contributed by atoms with E-state index in [1.165, 1.54) is 11.1 Å². The number of ether oxygens (including phenoxy) is 1. The Hall–Kier alpha value is -2.86. The Balaban J connectivity index is 1.48. The zero-order valence-corrected chi connectivity index (χ0v) is 15.7. The molecule has 2 aromatic rings. The molecule has 6 heteroatoms. The van der Waals surface area contributed by atoms with Gasteiger partial charge in [-0.05, 0) is 30.2 Å². The van der Waals surface area contributed by atoms with Crippen LogP contribution >= 0.6 is 0 Å². The summed E-state index contributed by atoms with van der Waals surface area (Å²) in [6.07, 6.45) is 0.683. The monoisotopic (exact) mass is 368 g/mol. The van der Waals surface area contributed by atoms with Crippen LogP contribution in [0.1, 0.15) is 23.6 Å². The Morgan fingerprint density at radius 1 is 1.15 bits per heavy atom. The van der Waals surface area contributed by atoms with Gasteiger partial charge in [0, 0.05) is 18.5 Å². The molecule has 6 nitrogen and oxygen atoms in total. The van der Waals surface area contributed by atoms with Crippen LogP contribution in [-0.4, -0.2) is 31.0 Å². The number of quaternary nitrogens is 1. The number of nitrogens with one attached hydrogen (secondary N) is 2. The van der Waals surface area contributed by atoms with Crippen molar-refractivity contribution in [3.8, 4) is 5.75 Å². The summed E-state index contributed by atoms with van der Waals surface area (Å²) in [5, 5.41) is 7.72. The third-order valence-corrected chi connectivity index (χ3v) is 4.90. The maximum Gasteiger partial charge on any atom is 0.279 e. The number of amides is 2. The van der Waals surface area contributed by atoms with Crippen LogP contribution in [0.25, 0.3) is 0 Å². The van der Waals surface area contributed by atoms with E-state index in [4.69, 9.17) is 4.74 Å². The molecule has 0 saturated heterocycles. The molecule has 0 unspecified atom stereocenters. The third-order valence-electron chi connectivity index (χ3n) is 4.90. The van der Waals surface area contributed by atoms with Crippen molar-refractivity contribution in [3.63, 3.8) is 0 Å². The second kappa shape index (κ2) is 8.68. The fourth-order valence-electron chi connectivity index (χ4n) is 3.22. The van der Waals surface area contributed by atoms with Crippen LogP contribution in [0, 0.1) is 0 Å². The first kappa shape index (κ1) is 18.9. The first-order chi connectivity index (χ1) is 13.1. The van der Waals surface area contributed by atoms with Crippen LogP contribution in [0.5, 0.6) is 5.75 Å². The van der Waals surface area contributed by atoms with E-state index in [-0.39, 0.29) is 17.9 Å². The Morgan fingerprint density at radius 3 is 2.56 bits per heavy atom. The quantitative estimate of drug-likeness (QED) is 0.694. The number of methoxy groups -OCH3 is 1. The zero-order valence-electron chi connectivity index (χ0n) is 15.7. The van der Waals surface area contributed by atoms with Crippen LogP contribution in [0.3, 0.4) is 0 Å². The standard InChI is InChI=1S/C21H25N3O3/c1-14(20(25)23-12-15-7-9-18(27-2)10-8-15)24-21(26)19-11-16-5-3-4-6-17(16)13-22-19/h3-10,14,19,22H,11-13H2,1-2H3,(H,23,25)(H,24,26)/p+1/t14-,19+/m1/s1. The smallest absolute Gasteiger partial charge is 0.279 e. The summed E-state index contributed by atoms with van der Waals surface area (Å²) in [4.78, 5) is 24.8. The van der Waals surface area contributed by atoms with Gasteiger partial charge in [-0.1, -0.05) is 36.4 Å². The number of carbonyl (C=O) groups excluding carboxylic acids is 2. The van der Waals surface area contributed by atoms with E-state index in [0.29, 0.717) is 13.0 Å². The molecule has 0 bridgehead atoms. The van der Waals surface area contributed by atoms with Crippen molar-refractivity contribution in [2.24, 2.45) is 0 Å². The molecule has 1 aliphatic heterocycles. The fourth-order valence-corrected chi connectivity index (χ4v) is 3.22. The number of carbonyl (C=O) groups is 2. The number of fused-ring (bicyclic) bond motifs is 1. The Bertz CT molecular complexity index is 805. The molecule has 0 saturated carbocycles. The lowest BCUT2D eigenvalue weighted by molar-refractivity contribution is -0.695. The number of hydrogen-bond donors (Lipinski definition) is 3. The molecule has 0 aliphatic carbocycles. The van der Waals surface area contributed by atoms with Gasteiger partial charge in [0.15, 0.2) is 6.04 Å². The second-order valence-electron chi connectivity index (χ2n) is 6.82. The normalized spacial score (nSPS) is 16.7. The van der Waals surface area contributed by atoms with Crippen molar-refractivity contribution < 1.29 is 19.6 Å². The molecule has 0 spiro atoms. The summed E-state index contributed by atoms with van der Waals surface area (Å²) < 4.78 is 5.12. The predicted molar refractivity (Wildman–Crippen MR) is 102 cm³/mol. The number of benzene rings is 2. The van der Waals surface area contributed by atoms with Crippen LogP contribution in [0.4, 0.5) is 0 Å². The van der Waals surface area contributed by atoms with Gasteiger partial charge in [0.2, 0.25) is 5.91 Å². The SMILES string of the molecule is COc1ccc(CNC(=O)[C@@H](C)NC(=O)[C@@H]2Cc3ccccc3C[NH2+]2)cc1. The van der Waals surface area contributed by atoms with Gasteiger partial charge in [-0.2, -0.15) is 0 Å². The Labute approximate surface area is 159 Å². The minimum Gasteiger partial charge on any atom is -0.497 e. The van der Waals surface area contributed by atoms with Gasteiger partial charge in [0.1, 0.15) is 18.3 Å². The van der Waals surface area contributed by atoms with E-state index in [0.717, 1.165) is 17.9 Å². The molecule has 2 atom stereocenters. The molecule has 4 N–H and O–H groups in total. The Kier molecular flexibility index (Phi) is 6.08. The molecule has 27 heavy (non-hydrogen) atoms. The van der Waals surface area contributed by atoms with E-state index in [1.807, 2.05) is 41.7 Å². The molecule has 0 radical (unpaired) electrons. The lowest BCUT2D eigenvalue weighted by Crippen LogP contribution is -2.93. The van der Waals surface area contributed by atoms with E-state index >= 15 is 0 Å². The van der Waals surface area contributed by atoms with Gasteiger partial charge in [0.25, 0.3) is 5.91 Å². The minimum atomic E-state index is -0.582. The van der Waals surface area contributed by atoms with Crippen LogP contribution < -0.4 is 20.7 Å². The van der Waals surface area contributed by atoms with Gasteiger partial charge >= 0.3 is 0 Å². The molecular formula is C21H26N3O3+. The highest BCUT2D eigenvalue weighted by molar-refractivity contribution is 5.89. The van der Waals surface area contributed by atoms with Crippen molar-refractivity contribution in [1.82, 2.24) is 10.6 Å². The summed E-state index contributed by atoms with van der Waals surface area (Å²) in [6, 6.07) is 14.9. The maximum absolute atomic E-state index is 12.5. The molecule has 1 heterocycles. The summed E-state index contributed by atoms with van der Waals surface area (Å²) >= 11 is 0. The van der Waals surface area contributed by atoms with Gasteiger partial charge in [-0.3, -0.25) is 9.59 Å². The van der Waals surface area contributed by atoms with Gasteiger partial charge < -0.3 is 20.7 Å². The van der Waals surface area contributed by atoms with E-state index in [1.54, 1.807) is 14.0 Å². The highest BCUT2D eigenvalue weighted by atomic mass is 16.5. The van der Waals surface area contributed by atoms with Crippen molar-refractivity contribution >= 4 is 11.8 Å². The van der Waals surface area contributed by atoms with E-state index in [2.05, 4.69) is 22.8 Å². The number of nitrogens with two attached hydrogens (primary N) is 1. The Morgan fingerprint density at radius 2 is 1.85 bits per heavy atom. The molecule has 0 aromatic heterocycles. The summed E-state index contributed by atoms with van der Waals surface area (Å²) in [7, 11) is 1.61. The van der Waals surface area contributed by atoms with Crippen LogP contribution in [0.2, 0.25) is 0 Å². The average molecular weight is 368 g/mol. The third kappa shape index (κ3) is 4.86. The minimum absolute atomic E-state index is 0.100. The summed E-state index contributed by atoms with van der Waals surface area (Å²) in [5.74, 6) is 0.475. The van der Waals surface area contributed by atoms with Crippen LogP contribution in [0.15, 0.2) is 48.5 Å². The second-order valence-corrected chi connectivity index (χ2v) is 6.82. The highest BCUT2D eigenvalue weighted by Crippen LogP contribution is 2.13. The van der Waals surface area contributed by atoms with Gasteiger partial charge in [-0.15, -0.1) is 0 Å². The maximum atomic E-state index is 12.5. The van der Waals surface area contributed by atoms with Gasteiger partial charge in [-0.25, -0.2) is 0 Å². The van der Waals surface area contributed by atoms with Crippen molar-refractivity contribution in [2.75, 3.05) is 7.11 Å². The molecule has 3 rings (SSSR count). The van der Waals surface area contributed by atoms with Crippen molar-refractivity contribution in [1.29, 1.82) is 0 Å². The first-order valence-corrected chi connectivity index (χ1v) is 9.18. The predicted octanol–water partition coefficient (Wildman–Crippen LogP) is 0.504. The molecule has 2 amide bonds. The highest BCUT2D eigenvalue weighted by Gasteiger charge is 2.29. The van der Waals surface area contributed by atoms with E-state index < -0.39 is 6.04 Å². The first-order valence-electron chi connectivity index (χ1n) is 9.18. The number of rotatable bonds is 6. The lowest BCUT2D eigenvalue weighted by atomic mass is 9.95. The largest absolute Gasteiger partial charge is 0.497 e. The van der Waals surface area contributed by atoms with Gasteiger partial charge in [0.05, 0.1) is 7.11 Å². The molecule has 0 fully saturated rings. The lowest BCUT2D eigenvalue weighted by Gasteiger charge is -2.23.